The summed E-state index contributed by atoms with van der Waals surface area (Å²) in [5.74, 6) is 0. The zero-order valence-corrected chi connectivity index (χ0v) is 14.1. The molecule has 3 heteroatoms. The number of benzene rings is 1. The van der Waals surface area contributed by atoms with Crippen LogP contribution in [0.2, 0.25) is 5.02 Å². The normalized spacial score (nSPS) is 13.2. The summed E-state index contributed by atoms with van der Waals surface area (Å²) in [6, 6.07) is 9.13. The molecule has 0 amide bonds. The molecule has 0 fully saturated rings. The van der Waals surface area contributed by atoms with Gasteiger partial charge in [0.2, 0.25) is 0 Å². The highest BCUT2D eigenvalue weighted by molar-refractivity contribution is 6.31. The summed E-state index contributed by atoms with van der Waals surface area (Å²) in [7, 11) is 0. The largest absolute Gasteiger partial charge is 0.310 e. The maximum Gasteiger partial charge on any atom is 0.0453 e. The van der Waals surface area contributed by atoms with Gasteiger partial charge in [-0.1, -0.05) is 43.6 Å². The highest BCUT2D eigenvalue weighted by atomic mass is 35.5. The summed E-state index contributed by atoms with van der Waals surface area (Å²) in [6.07, 6.45) is 2.23. The lowest BCUT2D eigenvalue weighted by Gasteiger charge is -2.28. The van der Waals surface area contributed by atoms with Crippen molar-refractivity contribution in [1.29, 1.82) is 0 Å². The van der Waals surface area contributed by atoms with Crippen LogP contribution in [0.1, 0.15) is 52.1 Å². The fraction of sp³-hybridized carbons (Fsp3) is 0.647. The van der Waals surface area contributed by atoms with Gasteiger partial charge in [-0.05, 0) is 51.4 Å². The first-order chi connectivity index (χ1) is 9.60. The molecule has 1 aromatic carbocycles. The summed E-state index contributed by atoms with van der Waals surface area (Å²) in [6.45, 7) is 12.2. The molecule has 1 unspecified atom stereocenters. The summed E-state index contributed by atoms with van der Waals surface area (Å²) in [4.78, 5) is 2.50. The van der Waals surface area contributed by atoms with Crippen molar-refractivity contribution in [2.45, 2.75) is 52.6 Å². The molecule has 1 aromatic rings. The van der Waals surface area contributed by atoms with Gasteiger partial charge >= 0.3 is 0 Å². The van der Waals surface area contributed by atoms with E-state index in [2.05, 4.69) is 50.0 Å². The lowest BCUT2D eigenvalue weighted by Crippen LogP contribution is -2.34. The Morgan fingerprint density at radius 3 is 2.45 bits per heavy atom. The Labute approximate surface area is 129 Å². The Morgan fingerprint density at radius 2 is 1.90 bits per heavy atom. The maximum absolute atomic E-state index is 6.36. The third-order valence-corrected chi connectivity index (χ3v) is 4.11. The van der Waals surface area contributed by atoms with Gasteiger partial charge in [0.1, 0.15) is 0 Å². The molecule has 0 bridgehead atoms. The van der Waals surface area contributed by atoms with Crippen molar-refractivity contribution in [3.8, 4) is 0 Å². The molecule has 114 valence electrons. The lowest BCUT2D eigenvalue weighted by molar-refractivity contribution is 0.220. The number of hydrogen-bond acceptors (Lipinski definition) is 2. The summed E-state index contributed by atoms with van der Waals surface area (Å²) < 4.78 is 0. The fourth-order valence-corrected chi connectivity index (χ4v) is 2.79. The van der Waals surface area contributed by atoms with Gasteiger partial charge in [-0.3, -0.25) is 0 Å². The SMILES string of the molecule is CCCNC(CCN(CC)C(C)C)c1ccccc1Cl. The summed E-state index contributed by atoms with van der Waals surface area (Å²) in [5, 5.41) is 4.50. The first kappa shape index (κ1) is 17.5. The highest BCUT2D eigenvalue weighted by Crippen LogP contribution is 2.25. The lowest BCUT2D eigenvalue weighted by atomic mass is 10.0. The van der Waals surface area contributed by atoms with E-state index in [0.717, 1.165) is 37.5 Å². The molecule has 0 heterocycles. The molecule has 0 aromatic heterocycles. The van der Waals surface area contributed by atoms with E-state index in [1.165, 1.54) is 5.56 Å². The zero-order valence-electron chi connectivity index (χ0n) is 13.3. The standard InChI is InChI=1S/C17H29ClN2/c1-5-12-19-17(11-13-20(6-2)14(3)4)15-9-7-8-10-16(15)18/h7-10,14,17,19H,5-6,11-13H2,1-4H3. The van der Waals surface area contributed by atoms with E-state index in [9.17, 15) is 0 Å². The molecule has 0 spiro atoms. The van der Waals surface area contributed by atoms with E-state index in [1.807, 2.05) is 12.1 Å². The number of nitrogens with zero attached hydrogens (tertiary/aromatic N) is 1. The van der Waals surface area contributed by atoms with Gasteiger partial charge in [0.05, 0.1) is 0 Å². The van der Waals surface area contributed by atoms with E-state index >= 15 is 0 Å². The van der Waals surface area contributed by atoms with E-state index in [1.54, 1.807) is 0 Å². The Morgan fingerprint density at radius 1 is 1.20 bits per heavy atom. The average molecular weight is 297 g/mol. The van der Waals surface area contributed by atoms with Crippen molar-refractivity contribution in [2.24, 2.45) is 0 Å². The van der Waals surface area contributed by atoms with E-state index in [-0.39, 0.29) is 0 Å². The zero-order chi connectivity index (χ0) is 15.0. The summed E-state index contributed by atoms with van der Waals surface area (Å²) >= 11 is 6.36. The quantitative estimate of drug-likeness (QED) is 0.722. The molecule has 0 radical (unpaired) electrons. The van der Waals surface area contributed by atoms with Crippen LogP contribution >= 0.6 is 11.6 Å². The Kier molecular flexibility index (Phi) is 8.20. The molecule has 1 rings (SSSR count). The second-order valence-electron chi connectivity index (χ2n) is 5.54. The second kappa shape index (κ2) is 9.38. The molecule has 1 atom stereocenters. The van der Waals surface area contributed by atoms with Crippen molar-refractivity contribution in [3.63, 3.8) is 0 Å². The van der Waals surface area contributed by atoms with Crippen LogP contribution in [0, 0.1) is 0 Å². The third-order valence-electron chi connectivity index (χ3n) is 3.76. The van der Waals surface area contributed by atoms with Gasteiger partial charge in [-0.2, -0.15) is 0 Å². The molecule has 1 N–H and O–H groups in total. The van der Waals surface area contributed by atoms with Crippen LogP contribution in [-0.4, -0.2) is 30.6 Å². The summed E-state index contributed by atoms with van der Waals surface area (Å²) in [5.41, 5.74) is 1.22. The molecule has 0 aliphatic heterocycles. The van der Waals surface area contributed by atoms with Gasteiger partial charge in [-0.25, -0.2) is 0 Å². The van der Waals surface area contributed by atoms with Gasteiger partial charge in [0.25, 0.3) is 0 Å². The minimum absolute atomic E-state index is 0.344. The monoisotopic (exact) mass is 296 g/mol. The smallest absolute Gasteiger partial charge is 0.0453 e. The van der Waals surface area contributed by atoms with E-state index in [0.29, 0.717) is 12.1 Å². The first-order valence-electron chi connectivity index (χ1n) is 7.82. The number of nitrogens with one attached hydrogen (secondary N) is 1. The third kappa shape index (κ3) is 5.43. The van der Waals surface area contributed by atoms with Gasteiger partial charge in [0.15, 0.2) is 0 Å². The Hall–Kier alpha value is -0.570. The van der Waals surface area contributed by atoms with Crippen LogP contribution in [0.3, 0.4) is 0 Å². The van der Waals surface area contributed by atoms with Crippen LogP contribution in [0.15, 0.2) is 24.3 Å². The fourth-order valence-electron chi connectivity index (χ4n) is 2.52. The predicted molar refractivity (Wildman–Crippen MR) is 89.5 cm³/mol. The van der Waals surface area contributed by atoms with E-state index in [4.69, 9.17) is 11.6 Å². The molecule has 0 aliphatic rings. The van der Waals surface area contributed by atoms with Crippen LogP contribution in [0.25, 0.3) is 0 Å². The average Bonchev–Trinajstić information content (AvgIpc) is 2.43. The molecular weight excluding hydrogens is 268 g/mol. The first-order valence-corrected chi connectivity index (χ1v) is 8.19. The Balaban J connectivity index is 2.72. The topological polar surface area (TPSA) is 15.3 Å². The van der Waals surface area contributed by atoms with Crippen LogP contribution in [0.4, 0.5) is 0 Å². The molecule has 2 nitrogen and oxygen atoms in total. The van der Waals surface area contributed by atoms with Crippen LogP contribution < -0.4 is 5.32 Å². The molecular formula is C17H29ClN2. The molecule has 0 saturated carbocycles. The minimum Gasteiger partial charge on any atom is -0.310 e. The van der Waals surface area contributed by atoms with Gasteiger partial charge in [0, 0.05) is 23.7 Å². The van der Waals surface area contributed by atoms with Crippen molar-refractivity contribution < 1.29 is 0 Å². The van der Waals surface area contributed by atoms with Crippen molar-refractivity contribution >= 4 is 11.6 Å². The number of hydrogen-bond donors (Lipinski definition) is 1. The van der Waals surface area contributed by atoms with Crippen molar-refractivity contribution in [2.75, 3.05) is 19.6 Å². The van der Waals surface area contributed by atoms with Crippen molar-refractivity contribution in [3.05, 3.63) is 34.9 Å². The second-order valence-corrected chi connectivity index (χ2v) is 5.95. The number of halogens is 1. The van der Waals surface area contributed by atoms with E-state index < -0.39 is 0 Å². The predicted octanol–water partition coefficient (Wildman–Crippen LogP) is 4.50. The Bertz CT molecular complexity index is 379. The van der Waals surface area contributed by atoms with Crippen LogP contribution in [0.5, 0.6) is 0 Å². The van der Waals surface area contributed by atoms with Crippen molar-refractivity contribution in [1.82, 2.24) is 10.2 Å². The van der Waals surface area contributed by atoms with Gasteiger partial charge < -0.3 is 10.2 Å². The minimum atomic E-state index is 0.344. The van der Waals surface area contributed by atoms with Gasteiger partial charge in [-0.15, -0.1) is 0 Å². The van der Waals surface area contributed by atoms with Crippen LogP contribution in [-0.2, 0) is 0 Å². The molecule has 0 saturated heterocycles. The highest BCUT2D eigenvalue weighted by Gasteiger charge is 2.16. The molecule has 0 aliphatic carbocycles. The number of rotatable bonds is 9. The maximum atomic E-state index is 6.36. The molecule has 20 heavy (non-hydrogen) atoms.